The Morgan fingerprint density at radius 3 is 3.14 bits per heavy atom. The molecule has 0 amide bonds. The molecule has 14 heavy (non-hydrogen) atoms. The van der Waals surface area contributed by atoms with Gasteiger partial charge in [0.05, 0.1) is 0 Å². The Kier molecular flexibility index (Phi) is 4.79. The second-order valence-electron chi connectivity index (χ2n) is 2.81. The lowest BCUT2D eigenvalue weighted by Gasteiger charge is -2.06. The van der Waals surface area contributed by atoms with Gasteiger partial charge in [-0.05, 0) is 25.0 Å². The molecule has 0 aliphatic heterocycles. The molecule has 2 heteroatoms. The molecule has 0 aliphatic carbocycles. The van der Waals surface area contributed by atoms with Crippen LogP contribution in [0.3, 0.4) is 0 Å². The lowest BCUT2D eigenvalue weighted by atomic mass is 10.1. The van der Waals surface area contributed by atoms with Gasteiger partial charge in [0.15, 0.2) is 6.79 Å². The number of rotatable bonds is 6. The number of ether oxygens (including phenoxy) is 2. The van der Waals surface area contributed by atoms with Gasteiger partial charge in [-0.3, -0.25) is 0 Å². The molecule has 0 heterocycles. The molecule has 0 atom stereocenters. The van der Waals surface area contributed by atoms with Gasteiger partial charge in [-0.1, -0.05) is 18.2 Å². The number of allylic oxidation sites excluding steroid dienone is 1. The maximum absolute atomic E-state index is 5.32. The van der Waals surface area contributed by atoms with Gasteiger partial charge in [0.25, 0.3) is 0 Å². The first-order valence-corrected chi connectivity index (χ1v) is 4.69. The van der Waals surface area contributed by atoms with E-state index in [2.05, 4.69) is 12.6 Å². The molecular weight excluding hydrogens is 176 g/mol. The smallest absolute Gasteiger partial charge is 0.189 e. The minimum Gasteiger partial charge on any atom is -0.467 e. The Bertz CT molecular complexity index is 281. The lowest BCUT2D eigenvalue weighted by molar-refractivity contribution is 0.0222. The molecular formula is C12H15O2. The van der Waals surface area contributed by atoms with Crippen molar-refractivity contribution in [2.75, 3.05) is 13.4 Å². The highest BCUT2D eigenvalue weighted by atomic mass is 16.7. The van der Waals surface area contributed by atoms with Crippen molar-refractivity contribution in [1.82, 2.24) is 0 Å². The highest BCUT2D eigenvalue weighted by molar-refractivity contribution is 5.28. The van der Waals surface area contributed by atoms with Crippen LogP contribution >= 0.6 is 0 Å². The molecule has 0 aromatic heterocycles. The highest BCUT2D eigenvalue weighted by Crippen LogP contribution is 2.13. The van der Waals surface area contributed by atoms with Crippen molar-refractivity contribution in [3.05, 3.63) is 42.5 Å². The largest absolute Gasteiger partial charge is 0.467 e. The van der Waals surface area contributed by atoms with Crippen molar-refractivity contribution in [2.24, 2.45) is 0 Å². The van der Waals surface area contributed by atoms with Gasteiger partial charge in [0.1, 0.15) is 5.75 Å². The van der Waals surface area contributed by atoms with Crippen LogP contribution in [0.15, 0.2) is 30.9 Å². The minimum atomic E-state index is 0.282. The van der Waals surface area contributed by atoms with Crippen LogP contribution in [0.25, 0.3) is 0 Å². The second-order valence-corrected chi connectivity index (χ2v) is 2.81. The Hall–Kier alpha value is -1.28. The Labute approximate surface area is 85.2 Å². The Morgan fingerprint density at radius 2 is 2.43 bits per heavy atom. The Morgan fingerprint density at radius 1 is 1.57 bits per heavy atom. The van der Waals surface area contributed by atoms with E-state index in [4.69, 9.17) is 9.47 Å². The predicted molar refractivity (Wildman–Crippen MR) is 56.3 cm³/mol. The van der Waals surface area contributed by atoms with E-state index in [1.807, 2.05) is 31.2 Å². The van der Waals surface area contributed by atoms with Crippen LogP contribution in [0.2, 0.25) is 0 Å². The van der Waals surface area contributed by atoms with Crippen molar-refractivity contribution in [2.45, 2.75) is 13.3 Å². The zero-order chi connectivity index (χ0) is 10.2. The van der Waals surface area contributed by atoms with Gasteiger partial charge < -0.3 is 9.47 Å². The Balaban J connectivity index is 2.50. The van der Waals surface area contributed by atoms with Crippen molar-refractivity contribution in [3.63, 3.8) is 0 Å². The fourth-order valence-electron chi connectivity index (χ4n) is 1.05. The van der Waals surface area contributed by atoms with Gasteiger partial charge in [-0.15, -0.1) is 6.58 Å². The first-order chi connectivity index (χ1) is 6.86. The molecule has 0 saturated carbocycles. The summed E-state index contributed by atoms with van der Waals surface area (Å²) in [4.78, 5) is 0. The molecule has 1 aromatic rings. The van der Waals surface area contributed by atoms with E-state index in [0.717, 1.165) is 12.2 Å². The van der Waals surface area contributed by atoms with E-state index in [0.29, 0.717) is 6.61 Å². The third-order valence-corrected chi connectivity index (χ3v) is 1.72. The van der Waals surface area contributed by atoms with Gasteiger partial charge in [-0.2, -0.15) is 0 Å². The van der Waals surface area contributed by atoms with Crippen molar-refractivity contribution in [1.29, 1.82) is 0 Å². The third-order valence-electron chi connectivity index (χ3n) is 1.72. The van der Waals surface area contributed by atoms with Crippen LogP contribution < -0.4 is 4.74 Å². The molecule has 0 saturated heterocycles. The molecule has 0 aliphatic rings. The van der Waals surface area contributed by atoms with E-state index >= 15 is 0 Å². The van der Waals surface area contributed by atoms with Gasteiger partial charge in [0.2, 0.25) is 0 Å². The summed E-state index contributed by atoms with van der Waals surface area (Å²) in [6.07, 6.45) is 2.71. The average Bonchev–Trinajstić information content (AvgIpc) is 2.19. The van der Waals surface area contributed by atoms with E-state index in [9.17, 15) is 0 Å². The van der Waals surface area contributed by atoms with Gasteiger partial charge >= 0.3 is 0 Å². The third kappa shape index (κ3) is 3.62. The van der Waals surface area contributed by atoms with E-state index < -0.39 is 0 Å². The summed E-state index contributed by atoms with van der Waals surface area (Å²) >= 11 is 0. The summed E-state index contributed by atoms with van der Waals surface area (Å²) < 4.78 is 10.4. The van der Waals surface area contributed by atoms with Crippen LogP contribution in [0.5, 0.6) is 5.75 Å². The zero-order valence-corrected chi connectivity index (χ0v) is 8.45. The fourth-order valence-corrected chi connectivity index (χ4v) is 1.05. The minimum absolute atomic E-state index is 0.282. The summed E-state index contributed by atoms with van der Waals surface area (Å²) in [5.74, 6) is 0.720. The average molecular weight is 191 g/mol. The molecule has 0 unspecified atom stereocenters. The van der Waals surface area contributed by atoms with Crippen molar-refractivity contribution < 1.29 is 9.47 Å². The second kappa shape index (κ2) is 6.22. The van der Waals surface area contributed by atoms with Crippen molar-refractivity contribution in [3.8, 4) is 5.75 Å². The maximum atomic E-state index is 5.32. The maximum Gasteiger partial charge on any atom is 0.189 e. The van der Waals surface area contributed by atoms with E-state index in [1.165, 1.54) is 5.56 Å². The predicted octanol–water partition coefficient (Wildman–Crippen LogP) is 2.59. The van der Waals surface area contributed by atoms with Crippen LogP contribution in [-0.4, -0.2) is 13.4 Å². The van der Waals surface area contributed by atoms with E-state index in [-0.39, 0.29) is 6.79 Å². The fraction of sp³-hybridized carbons (Fsp3) is 0.333. The number of benzene rings is 1. The summed E-state index contributed by atoms with van der Waals surface area (Å²) in [5.41, 5.74) is 1.17. The standard InChI is InChI=1S/C12H15O2/c1-3-6-11-7-5-8-12(9-11)14-10-13-4-2/h3,5,7,9H,1,4,6,10H2,2H3. The van der Waals surface area contributed by atoms with Crippen molar-refractivity contribution >= 4 is 0 Å². The molecule has 1 radical (unpaired) electrons. The summed E-state index contributed by atoms with van der Waals surface area (Å²) in [5, 5.41) is 0. The topological polar surface area (TPSA) is 18.5 Å². The molecule has 0 fully saturated rings. The van der Waals surface area contributed by atoms with Crippen LogP contribution in [0.1, 0.15) is 12.5 Å². The SMILES string of the molecule is C=CCc1cc[c]c(OCOCC)c1. The normalized spacial score (nSPS) is 9.79. The first-order valence-electron chi connectivity index (χ1n) is 4.69. The number of hydrogen-bond donors (Lipinski definition) is 0. The summed E-state index contributed by atoms with van der Waals surface area (Å²) in [6.45, 7) is 6.56. The lowest BCUT2D eigenvalue weighted by Crippen LogP contribution is -2.02. The summed E-state index contributed by atoms with van der Waals surface area (Å²) in [6, 6.07) is 8.78. The highest BCUT2D eigenvalue weighted by Gasteiger charge is 1.95. The van der Waals surface area contributed by atoms with E-state index in [1.54, 1.807) is 0 Å². The van der Waals surface area contributed by atoms with Crippen LogP contribution in [0.4, 0.5) is 0 Å². The number of hydrogen-bond acceptors (Lipinski definition) is 2. The van der Waals surface area contributed by atoms with Gasteiger partial charge in [-0.25, -0.2) is 0 Å². The molecule has 0 bridgehead atoms. The monoisotopic (exact) mass is 191 g/mol. The molecule has 0 spiro atoms. The summed E-state index contributed by atoms with van der Waals surface area (Å²) in [7, 11) is 0. The quantitative estimate of drug-likeness (QED) is 0.391. The van der Waals surface area contributed by atoms with Gasteiger partial charge in [0, 0.05) is 12.7 Å². The first kappa shape index (κ1) is 10.8. The zero-order valence-electron chi connectivity index (χ0n) is 8.45. The van der Waals surface area contributed by atoms with Crippen LogP contribution in [-0.2, 0) is 11.2 Å². The molecule has 1 aromatic carbocycles. The molecule has 2 nitrogen and oxygen atoms in total. The van der Waals surface area contributed by atoms with Crippen LogP contribution in [0, 0.1) is 6.07 Å². The molecule has 75 valence electrons. The molecule has 1 rings (SSSR count). The molecule has 0 N–H and O–H groups in total.